The number of hydrogen-bond acceptors (Lipinski definition) is 3. The van der Waals surface area contributed by atoms with Gasteiger partial charge >= 0.3 is 0 Å². The summed E-state index contributed by atoms with van der Waals surface area (Å²) in [5, 5.41) is 5.43. The van der Waals surface area contributed by atoms with Crippen LogP contribution in [0.15, 0.2) is 54.6 Å². The van der Waals surface area contributed by atoms with Crippen molar-refractivity contribution < 1.29 is 14.3 Å². The van der Waals surface area contributed by atoms with Crippen molar-refractivity contribution in [1.82, 2.24) is 10.6 Å². The standard InChI is InChI=1S/C22H26N2O3/c1-16(2)27-15-19-6-4-18(5-7-19)14-24-21(25)13-10-17-8-11-20(12-9-17)22(26)23-3/h4-13,16H,14-15H2,1-3H3,(H,23,26)(H,24,25). The maximum Gasteiger partial charge on any atom is 0.251 e. The van der Waals surface area contributed by atoms with Gasteiger partial charge in [-0.25, -0.2) is 0 Å². The third-order valence-corrected chi connectivity index (χ3v) is 3.90. The van der Waals surface area contributed by atoms with E-state index in [0.717, 1.165) is 16.7 Å². The van der Waals surface area contributed by atoms with E-state index in [2.05, 4.69) is 10.6 Å². The number of hydrogen-bond donors (Lipinski definition) is 2. The molecule has 0 saturated carbocycles. The summed E-state index contributed by atoms with van der Waals surface area (Å²) in [7, 11) is 1.59. The molecule has 0 fully saturated rings. The normalized spacial score (nSPS) is 11.0. The first-order chi connectivity index (χ1) is 13.0. The Morgan fingerprint density at radius 2 is 1.63 bits per heavy atom. The molecule has 2 rings (SSSR count). The molecular formula is C22H26N2O3. The predicted molar refractivity (Wildman–Crippen MR) is 107 cm³/mol. The third-order valence-electron chi connectivity index (χ3n) is 3.90. The Hall–Kier alpha value is -2.92. The second kappa shape index (κ2) is 10.3. The minimum Gasteiger partial charge on any atom is -0.374 e. The number of nitrogens with one attached hydrogen (secondary N) is 2. The number of ether oxygens (including phenoxy) is 1. The van der Waals surface area contributed by atoms with Crippen LogP contribution in [0.3, 0.4) is 0 Å². The Balaban J connectivity index is 1.81. The molecule has 0 aromatic heterocycles. The van der Waals surface area contributed by atoms with E-state index in [1.165, 1.54) is 6.08 Å². The summed E-state index contributed by atoms with van der Waals surface area (Å²) in [6.45, 7) is 5.07. The minimum atomic E-state index is -0.169. The molecule has 2 N–H and O–H groups in total. The smallest absolute Gasteiger partial charge is 0.251 e. The lowest BCUT2D eigenvalue weighted by Crippen LogP contribution is -2.20. The predicted octanol–water partition coefficient (Wildman–Crippen LogP) is 3.30. The van der Waals surface area contributed by atoms with Crippen LogP contribution in [0.25, 0.3) is 6.08 Å². The van der Waals surface area contributed by atoms with Crippen molar-refractivity contribution in [1.29, 1.82) is 0 Å². The monoisotopic (exact) mass is 366 g/mol. The first kappa shape index (κ1) is 20.4. The fraction of sp³-hybridized carbons (Fsp3) is 0.273. The topological polar surface area (TPSA) is 67.4 Å². The lowest BCUT2D eigenvalue weighted by atomic mass is 10.1. The van der Waals surface area contributed by atoms with Gasteiger partial charge in [0.1, 0.15) is 0 Å². The van der Waals surface area contributed by atoms with Crippen molar-refractivity contribution in [2.75, 3.05) is 7.05 Å². The molecule has 0 spiro atoms. The molecule has 0 aliphatic rings. The fourth-order valence-electron chi connectivity index (χ4n) is 2.33. The minimum absolute atomic E-state index is 0.134. The van der Waals surface area contributed by atoms with E-state index in [4.69, 9.17) is 4.74 Å². The van der Waals surface area contributed by atoms with Crippen molar-refractivity contribution in [3.63, 3.8) is 0 Å². The molecule has 0 bridgehead atoms. The van der Waals surface area contributed by atoms with Crippen LogP contribution in [0.1, 0.15) is 40.9 Å². The first-order valence-electron chi connectivity index (χ1n) is 8.95. The van der Waals surface area contributed by atoms with Gasteiger partial charge in [-0.05, 0) is 48.7 Å². The SMILES string of the molecule is CNC(=O)c1ccc(C=CC(=O)NCc2ccc(COC(C)C)cc2)cc1. The number of carbonyl (C=O) groups is 2. The van der Waals surface area contributed by atoms with Crippen LogP contribution in [-0.4, -0.2) is 25.0 Å². The molecule has 0 saturated heterocycles. The zero-order valence-electron chi connectivity index (χ0n) is 16.0. The second-order valence-corrected chi connectivity index (χ2v) is 6.43. The van der Waals surface area contributed by atoms with Crippen LogP contribution in [0.5, 0.6) is 0 Å². The summed E-state index contributed by atoms with van der Waals surface area (Å²) in [4.78, 5) is 23.5. The molecule has 27 heavy (non-hydrogen) atoms. The highest BCUT2D eigenvalue weighted by atomic mass is 16.5. The average Bonchev–Trinajstić information content (AvgIpc) is 2.69. The first-order valence-corrected chi connectivity index (χ1v) is 8.95. The lowest BCUT2D eigenvalue weighted by Gasteiger charge is -2.08. The lowest BCUT2D eigenvalue weighted by molar-refractivity contribution is -0.116. The largest absolute Gasteiger partial charge is 0.374 e. The van der Waals surface area contributed by atoms with Crippen molar-refractivity contribution >= 4 is 17.9 Å². The zero-order chi connectivity index (χ0) is 19.6. The Morgan fingerprint density at radius 1 is 1.00 bits per heavy atom. The molecule has 142 valence electrons. The van der Waals surface area contributed by atoms with Crippen LogP contribution in [0.2, 0.25) is 0 Å². The van der Waals surface area contributed by atoms with Crippen LogP contribution < -0.4 is 10.6 Å². The van der Waals surface area contributed by atoms with Gasteiger partial charge in [-0.1, -0.05) is 36.4 Å². The summed E-state index contributed by atoms with van der Waals surface area (Å²) in [5.74, 6) is -0.303. The van der Waals surface area contributed by atoms with E-state index in [1.54, 1.807) is 37.4 Å². The summed E-state index contributed by atoms with van der Waals surface area (Å²) in [6, 6.07) is 15.0. The van der Waals surface area contributed by atoms with Crippen molar-refractivity contribution in [2.45, 2.75) is 33.1 Å². The van der Waals surface area contributed by atoms with E-state index in [0.29, 0.717) is 18.7 Å². The zero-order valence-corrected chi connectivity index (χ0v) is 16.0. The van der Waals surface area contributed by atoms with Crippen molar-refractivity contribution in [3.8, 4) is 0 Å². The summed E-state index contributed by atoms with van der Waals surface area (Å²) in [5.41, 5.74) is 3.58. The Kier molecular flexibility index (Phi) is 7.77. The molecule has 2 aromatic carbocycles. The highest BCUT2D eigenvalue weighted by molar-refractivity contribution is 5.94. The Morgan fingerprint density at radius 3 is 2.22 bits per heavy atom. The molecule has 0 heterocycles. The van der Waals surface area contributed by atoms with Gasteiger partial charge in [0.2, 0.25) is 5.91 Å². The van der Waals surface area contributed by atoms with Gasteiger partial charge in [0.15, 0.2) is 0 Å². The summed E-state index contributed by atoms with van der Waals surface area (Å²) < 4.78 is 5.57. The average molecular weight is 366 g/mol. The summed E-state index contributed by atoms with van der Waals surface area (Å²) in [6.07, 6.45) is 3.41. The van der Waals surface area contributed by atoms with Gasteiger partial charge in [0.05, 0.1) is 12.7 Å². The fourth-order valence-corrected chi connectivity index (χ4v) is 2.33. The summed E-state index contributed by atoms with van der Waals surface area (Å²) >= 11 is 0. The highest BCUT2D eigenvalue weighted by Gasteiger charge is 2.02. The van der Waals surface area contributed by atoms with Crippen LogP contribution in [-0.2, 0) is 22.7 Å². The van der Waals surface area contributed by atoms with Gasteiger partial charge in [-0.3, -0.25) is 9.59 Å². The molecule has 0 aliphatic heterocycles. The second-order valence-electron chi connectivity index (χ2n) is 6.43. The molecule has 5 heteroatoms. The van der Waals surface area contributed by atoms with Gasteiger partial charge in [-0.2, -0.15) is 0 Å². The van der Waals surface area contributed by atoms with Gasteiger partial charge in [0, 0.05) is 25.2 Å². The number of rotatable bonds is 8. The Labute approximate surface area is 160 Å². The van der Waals surface area contributed by atoms with Gasteiger partial charge < -0.3 is 15.4 Å². The van der Waals surface area contributed by atoms with Gasteiger partial charge in [0.25, 0.3) is 5.91 Å². The van der Waals surface area contributed by atoms with E-state index in [-0.39, 0.29) is 17.9 Å². The third kappa shape index (κ3) is 7.07. The molecule has 2 amide bonds. The molecule has 0 atom stereocenters. The number of carbonyl (C=O) groups excluding carboxylic acids is 2. The van der Waals surface area contributed by atoms with E-state index in [1.807, 2.05) is 38.1 Å². The van der Waals surface area contributed by atoms with E-state index >= 15 is 0 Å². The van der Waals surface area contributed by atoms with E-state index in [9.17, 15) is 9.59 Å². The van der Waals surface area contributed by atoms with E-state index < -0.39 is 0 Å². The van der Waals surface area contributed by atoms with Crippen LogP contribution in [0, 0.1) is 0 Å². The quantitative estimate of drug-likeness (QED) is 0.705. The molecule has 0 radical (unpaired) electrons. The highest BCUT2D eigenvalue weighted by Crippen LogP contribution is 2.08. The molecule has 5 nitrogen and oxygen atoms in total. The number of benzene rings is 2. The van der Waals surface area contributed by atoms with Crippen molar-refractivity contribution in [3.05, 3.63) is 76.9 Å². The van der Waals surface area contributed by atoms with Crippen molar-refractivity contribution in [2.24, 2.45) is 0 Å². The molecule has 2 aromatic rings. The van der Waals surface area contributed by atoms with Gasteiger partial charge in [-0.15, -0.1) is 0 Å². The van der Waals surface area contributed by atoms with Crippen LogP contribution >= 0.6 is 0 Å². The van der Waals surface area contributed by atoms with Crippen LogP contribution in [0.4, 0.5) is 0 Å². The Bertz CT molecular complexity index is 778. The maximum absolute atomic E-state index is 12.0. The number of amides is 2. The molecule has 0 aliphatic carbocycles. The molecular weight excluding hydrogens is 340 g/mol. The maximum atomic E-state index is 12.0. The molecule has 0 unspecified atom stereocenters.